The quantitative estimate of drug-likeness (QED) is 0.0225. The largest absolute Gasteiger partial charge is 0.465 e. The van der Waals surface area contributed by atoms with Crippen molar-refractivity contribution in [3.63, 3.8) is 0 Å². The number of hydrogen-bond acceptors (Lipinski definition) is 9. The van der Waals surface area contributed by atoms with E-state index < -0.39 is 27.8 Å². The monoisotopic (exact) mass is 1070 g/mol. The zero-order valence-electron chi connectivity index (χ0n) is 42.9. The van der Waals surface area contributed by atoms with Gasteiger partial charge in [-0.25, -0.2) is 4.79 Å². The fourth-order valence-electron chi connectivity index (χ4n) is 8.55. The fraction of sp³-hybridized carbons (Fsp3) is 0.180. The van der Waals surface area contributed by atoms with Gasteiger partial charge in [0.05, 0.1) is 19.8 Å². The Morgan fingerprint density at radius 1 is 0.618 bits per heavy atom. The third kappa shape index (κ3) is 14.5. The number of anilines is 5. The Morgan fingerprint density at radius 2 is 1.04 bits per heavy atom. The van der Waals surface area contributed by atoms with Crippen LogP contribution in [0.15, 0.2) is 237 Å². The summed E-state index contributed by atoms with van der Waals surface area (Å²) in [6.45, 7) is 16.1. The van der Waals surface area contributed by atoms with Crippen LogP contribution in [0.1, 0.15) is 30.9 Å². The number of benzene rings is 7. The first-order chi connectivity index (χ1) is 37.2. The van der Waals surface area contributed by atoms with E-state index in [2.05, 4.69) is 87.4 Å². The average Bonchev–Trinajstić information content (AvgIpc) is 4.07. The molecule has 2 saturated heterocycles. The van der Waals surface area contributed by atoms with Crippen LogP contribution in [0.4, 0.5) is 28.4 Å². The SMILES string of the molecule is C=C(C(C(=O)OCC)c1ccccc1)P1(=O)N(c2ccccc2)CCN1c1ccccc1.C=C=C(C(=O)OCC)c1ccccc1.S=C(NCCOP1N(c2ccccc2)CCN1c1ccccc1)Nc1ccccc1. The highest BCUT2D eigenvalue weighted by Gasteiger charge is 2.49. The second kappa shape index (κ2) is 28.8. The highest BCUT2D eigenvalue weighted by atomic mass is 32.1. The smallest absolute Gasteiger partial charge is 0.346 e. The lowest BCUT2D eigenvalue weighted by Crippen LogP contribution is -2.31. The molecule has 1 atom stereocenters. The van der Waals surface area contributed by atoms with Gasteiger partial charge in [-0.15, -0.1) is 5.73 Å². The predicted octanol–water partition coefficient (Wildman–Crippen LogP) is 13.7. The minimum Gasteiger partial charge on any atom is -0.465 e. The molecule has 15 heteroatoms. The van der Waals surface area contributed by atoms with Gasteiger partial charge in [0.25, 0.3) is 7.44 Å². The van der Waals surface area contributed by atoms with Crippen LogP contribution in [0.3, 0.4) is 0 Å². The Morgan fingerprint density at radius 3 is 1.49 bits per heavy atom. The number of hydrogen-bond donors (Lipinski definition) is 2. The Balaban J connectivity index is 0.000000178. The lowest BCUT2D eigenvalue weighted by atomic mass is 9.99. The summed E-state index contributed by atoms with van der Waals surface area (Å²) in [5, 5.41) is 7.38. The molecule has 76 heavy (non-hydrogen) atoms. The van der Waals surface area contributed by atoms with Crippen molar-refractivity contribution in [3.8, 4) is 0 Å². The van der Waals surface area contributed by atoms with Crippen LogP contribution >= 0.6 is 28.1 Å². The minimum atomic E-state index is -3.45. The van der Waals surface area contributed by atoms with Gasteiger partial charge in [0, 0.05) is 66.5 Å². The maximum Gasteiger partial charge on any atom is 0.346 e. The molecule has 0 amide bonds. The molecule has 0 aromatic heterocycles. The maximum absolute atomic E-state index is 15.0. The number of nitrogens with zero attached hydrogens (tertiary/aromatic N) is 4. The van der Waals surface area contributed by atoms with Gasteiger partial charge in [-0.1, -0.05) is 165 Å². The van der Waals surface area contributed by atoms with Crippen molar-refractivity contribution in [1.29, 1.82) is 0 Å². The van der Waals surface area contributed by atoms with E-state index in [0.717, 1.165) is 41.3 Å². The van der Waals surface area contributed by atoms with Crippen LogP contribution in [0.5, 0.6) is 0 Å². The van der Waals surface area contributed by atoms with E-state index in [1.54, 1.807) is 13.8 Å². The van der Waals surface area contributed by atoms with Gasteiger partial charge in [-0.05, 0) is 97.9 Å². The zero-order chi connectivity index (χ0) is 53.5. The zero-order valence-corrected chi connectivity index (χ0v) is 45.5. The molecule has 9 rings (SSSR count). The van der Waals surface area contributed by atoms with Gasteiger partial charge < -0.3 is 43.3 Å². The highest BCUT2D eigenvalue weighted by molar-refractivity contribution is 7.80. The number of carbonyl (C=O) groups excluding carboxylic acids is 2. The Hall–Kier alpha value is -7.75. The molecule has 1 unspecified atom stereocenters. The Bertz CT molecular complexity index is 2940. The lowest BCUT2D eigenvalue weighted by molar-refractivity contribution is -0.143. The molecule has 2 aliphatic heterocycles. The molecule has 0 bridgehead atoms. The van der Waals surface area contributed by atoms with Crippen LogP contribution in [0.25, 0.3) is 5.57 Å². The van der Waals surface area contributed by atoms with E-state index in [-0.39, 0.29) is 12.6 Å². The van der Waals surface area contributed by atoms with Crippen molar-refractivity contribution in [3.05, 3.63) is 248 Å². The van der Waals surface area contributed by atoms with E-state index in [1.807, 2.05) is 173 Å². The van der Waals surface area contributed by atoms with Crippen molar-refractivity contribution in [2.45, 2.75) is 19.8 Å². The number of thiocarbonyl (C=S) groups is 1. The molecule has 7 aromatic carbocycles. The van der Waals surface area contributed by atoms with Crippen LogP contribution < -0.4 is 29.3 Å². The molecule has 2 aliphatic rings. The summed E-state index contributed by atoms with van der Waals surface area (Å²) in [7, 11) is -4.39. The van der Waals surface area contributed by atoms with Crippen molar-refractivity contribution < 1.29 is 28.2 Å². The molecule has 0 saturated carbocycles. The molecule has 0 spiro atoms. The lowest BCUT2D eigenvalue weighted by Gasteiger charge is -2.36. The number of carbonyl (C=O) groups is 2. The first-order valence-corrected chi connectivity index (χ1v) is 28.3. The topological polar surface area (TPSA) is 116 Å². The predicted molar refractivity (Wildman–Crippen MR) is 317 cm³/mol. The fourth-order valence-corrected chi connectivity index (χ4v) is 13.8. The molecular weight excluding hydrogens is 1010 g/mol. The number of ether oxygens (including phenoxy) is 2. The average molecular weight is 1070 g/mol. The molecule has 12 nitrogen and oxygen atoms in total. The van der Waals surface area contributed by atoms with Gasteiger partial charge in [0.2, 0.25) is 8.45 Å². The second-order valence-corrected chi connectivity index (χ2v) is 21.7. The second-order valence-electron chi connectivity index (χ2n) is 16.9. The molecule has 2 heterocycles. The highest BCUT2D eigenvalue weighted by Crippen LogP contribution is 2.68. The molecule has 7 aromatic rings. The normalized spacial score (nSPS) is 13.9. The Labute approximate surface area is 454 Å². The summed E-state index contributed by atoms with van der Waals surface area (Å²) < 4.78 is 40.3. The molecule has 0 aliphatic carbocycles. The minimum absolute atomic E-state index is 0.241. The molecular formula is C61H64N6O6P2S. The van der Waals surface area contributed by atoms with Gasteiger partial charge in [-0.2, -0.15) is 0 Å². The van der Waals surface area contributed by atoms with Crippen molar-refractivity contribution >= 4 is 79.2 Å². The number of rotatable bonds is 17. The van der Waals surface area contributed by atoms with Crippen LogP contribution in [0.2, 0.25) is 0 Å². The molecule has 390 valence electrons. The van der Waals surface area contributed by atoms with Crippen LogP contribution in [-0.4, -0.2) is 69.6 Å². The summed E-state index contributed by atoms with van der Waals surface area (Å²) >= 11 is 5.39. The summed E-state index contributed by atoms with van der Waals surface area (Å²) in [5.41, 5.74) is 9.51. The molecule has 2 fully saturated rings. The van der Waals surface area contributed by atoms with E-state index >= 15 is 4.57 Å². The summed E-state index contributed by atoms with van der Waals surface area (Å²) in [4.78, 5) is 24.5. The molecule has 0 radical (unpaired) electrons. The Kier molecular flexibility index (Phi) is 21.2. The maximum atomic E-state index is 15.0. The van der Waals surface area contributed by atoms with Crippen LogP contribution in [-0.2, 0) is 28.2 Å². The van der Waals surface area contributed by atoms with Gasteiger partial charge in [0.15, 0.2) is 5.11 Å². The van der Waals surface area contributed by atoms with E-state index in [1.165, 1.54) is 11.4 Å². The summed E-state index contributed by atoms with van der Waals surface area (Å²) in [6, 6.07) is 68.8. The summed E-state index contributed by atoms with van der Waals surface area (Å²) in [5.74, 6) is -1.65. The van der Waals surface area contributed by atoms with Crippen molar-refractivity contribution in [2.75, 3.05) is 76.5 Å². The van der Waals surface area contributed by atoms with Crippen molar-refractivity contribution in [2.24, 2.45) is 0 Å². The van der Waals surface area contributed by atoms with Gasteiger partial charge in [-0.3, -0.25) is 9.36 Å². The van der Waals surface area contributed by atoms with E-state index in [0.29, 0.717) is 48.8 Å². The van der Waals surface area contributed by atoms with Crippen LogP contribution in [0, 0.1) is 0 Å². The first kappa shape index (κ1) is 56.0. The standard InChI is InChI=1S/C26H27N2O3P.C23H25N4OPS.C12H12O2/c1-3-31-26(29)25(22-13-7-4-8-14-22)21(2)32(30)27(23-15-9-5-10-16-23)19-20-28(32)24-17-11-6-12-18-24;30-23(25-20-10-4-1-5-11-20)24-16-19-28-29-26(21-12-6-2-7-13-21)17-18-27(29)22-14-8-3-9-15-22;1-3-11(12(13)14-4-2)10-8-6-5-7-9-10/h4-18,25H,2-3,19-20H2,1H3;1-15H,16-19H2,(H2,24,25,30);5-9H,1,4H2,2H3. The number of nitrogens with one attached hydrogen (secondary N) is 2. The third-order valence-electron chi connectivity index (χ3n) is 12.0. The van der Waals surface area contributed by atoms with E-state index in [9.17, 15) is 9.59 Å². The van der Waals surface area contributed by atoms with Crippen molar-refractivity contribution in [1.82, 2.24) is 5.32 Å². The van der Waals surface area contributed by atoms with E-state index in [4.69, 9.17) is 26.2 Å². The van der Waals surface area contributed by atoms with Gasteiger partial charge in [0.1, 0.15) is 11.5 Å². The first-order valence-electron chi connectivity index (χ1n) is 25.2. The number of esters is 2. The summed E-state index contributed by atoms with van der Waals surface area (Å²) in [6.07, 6.45) is 0. The molecule has 2 N–H and O–H groups in total. The van der Waals surface area contributed by atoms with Gasteiger partial charge >= 0.3 is 11.9 Å². The third-order valence-corrected chi connectivity index (χ3v) is 17.6. The number of para-hydroxylation sites is 5.